The Bertz CT molecular complexity index is 1060. The fourth-order valence-corrected chi connectivity index (χ4v) is 4.65. The lowest BCUT2D eigenvalue weighted by Crippen LogP contribution is -2.13. The molecule has 4 rings (SSSR count). The Morgan fingerprint density at radius 1 is 0.714 bits per heavy atom. The number of benzene rings is 3. The van der Waals surface area contributed by atoms with Crippen molar-refractivity contribution in [1.29, 1.82) is 0 Å². The number of alkyl halides is 1. The highest BCUT2D eigenvalue weighted by Gasteiger charge is 2.22. The van der Waals surface area contributed by atoms with E-state index in [2.05, 4.69) is 31.2 Å². The number of halogens is 6. The second kappa shape index (κ2) is 12.8. The molecular weight excluding hydrogens is 462 g/mol. The molecule has 1 saturated carbocycles. The topological polar surface area (TPSA) is 0 Å². The van der Waals surface area contributed by atoms with E-state index in [1.807, 2.05) is 0 Å². The summed E-state index contributed by atoms with van der Waals surface area (Å²) in [6.45, 7) is 2.08. The number of aryl methyl sites for hydroxylation is 1. The summed E-state index contributed by atoms with van der Waals surface area (Å²) in [6, 6.07) is 12.5. The van der Waals surface area contributed by atoms with Gasteiger partial charge in [-0.3, -0.25) is 4.39 Å². The van der Waals surface area contributed by atoms with Crippen LogP contribution in [-0.4, -0.2) is 6.67 Å². The van der Waals surface area contributed by atoms with Crippen LogP contribution in [0.1, 0.15) is 62.5 Å². The van der Waals surface area contributed by atoms with Crippen LogP contribution in [0.5, 0.6) is 0 Å². The zero-order valence-corrected chi connectivity index (χ0v) is 19.8. The molecule has 0 spiro atoms. The van der Waals surface area contributed by atoms with E-state index in [0.29, 0.717) is 24.1 Å². The first-order valence-corrected chi connectivity index (χ1v) is 12.1. The SMILES string of the molecule is CCCc1ccc(C2CCC(CCF)CC2)cc1.Fc1cc(F)c(-c2ccc(F)c(F)c2)c(F)c1. The minimum absolute atomic E-state index is 0.138. The Morgan fingerprint density at radius 3 is 1.89 bits per heavy atom. The Balaban J connectivity index is 0.000000196. The molecule has 0 amide bonds. The minimum atomic E-state index is -1.23. The van der Waals surface area contributed by atoms with Crippen LogP contribution in [0, 0.1) is 35.0 Å². The van der Waals surface area contributed by atoms with E-state index in [1.165, 1.54) is 49.7 Å². The van der Waals surface area contributed by atoms with Crippen molar-refractivity contribution < 1.29 is 26.3 Å². The lowest BCUT2D eigenvalue weighted by Gasteiger charge is -2.28. The van der Waals surface area contributed by atoms with Crippen molar-refractivity contribution in [3.63, 3.8) is 0 Å². The first kappa shape index (κ1) is 26.8. The van der Waals surface area contributed by atoms with Crippen molar-refractivity contribution in [1.82, 2.24) is 0 Å². The fourth-order valence-electron chi connectivity index (χ4n) is 4.65. The van der Waals surface area contributed by atoms with Crippen molar-refractivity contribution in [3.8, 4) is 11.1 Å². The van der Waals surface area contributed by atoms with Gasteiger partial charge < -0.3 is 0 Å². The van der Waals surface area contributed by atoms with Crippen LogP contribution in [0.2, 0.25) is 0 Å². The summed E-state index contributed by atoms with van der Waals surface area (Å²) >= 11 is 0. The van der Waals surface area contributed by atoms with E-state index >= 15 is 0 Å². The lowest BCUT2D eigenvalue weighted by atomic mass is 9.77. The van der Waals surface area contributed by atoms with Crippen molar-refractivity contribution in [2.45, 2.75) is 57.8 Å². The first-order valence-electron chi connectivity index (χ1n) is 12.1. The maximum atomic E-state index is 13.3. The fraction of sp³-hybridized carbons (Fsp3) is 0.379. The monoisotopic (exact) mass is 492 g/mol. The molecule has 1 fully saturated rings. The number of hydrogen-bond donors (Lipinski definition) is 0. The lowest BCUT2D eigenvalue weighted by molar-refractivity contribution is 0.283. The molecule has 0 unspecified atom stereocenters. The van der Waals surface area contributed by atoms with E-state index in [0.717, 1.165) is 24.5 Å². The molecule has 1 aliphatic rings. The van der Waals surface area contributed by atoms with E-state index in [-0.39, 0.29) is 12.2 Å². The molecular formula is C29H30F6. The van der Waals surface area contributed by atoms with Gasteiger partial charge in [-0.1, -0.05) is 43.7 Å². The van der Waals surface area contributed by atoms with Gasteiger partial charge in [-0.25, -0.2) is 22.0 Å². The van der Waals surface area contributed by atoms with Crippen LogP contribution in [0.4, 0.5) is 26.3 Å². The summed E-state index contributed by atoms with van der Waals surface area (Å²) in [5, 5.41) is 0. The van der Waals surface area contributed by atoms with Gasteiger partial charge in [0.2, 0.25) is 0 Å². The highest BCUT2D eigenvalue weighted by molar-refractivity contribution is 5.64. The van der Waals surface area contributed by atoms with Crippen LogP contribution in [-0.2, 0) is 6.42 Å². The van der Waals surface area contributed by atoms with Gasteiger partial charge in [0, 0.05) is 12.1 Å². The number of rotatable bonds is 6. The highest BCUT2D eigenvalue weighted by atomic mass is 19.2. The molecule has 0 aromatic heterocycles. The van der Waals surface area contributed by atoms with Gasteiger partial charge in [0.05, 0.1) is 12.2 Å². The van der Waals surface area contributed by atoms with E-state index in [9.17, 15) is 26.3 Å². The van der Waals surface area contributed by atoms with Gasteiger partial charge in [-0.2, -0.15) is 0 Å². The van der Waals surface area contributed by atoms with Crippen LogP contribution in [0.15, 0.2) is 54.6 Å². The van der Waals surface area contributed by atoms with E-state index < -0.39 is 34.6 Å². The molecule has 0 radical (unpaired) electrons. The summed E-state index contributed by atoms with van der Waals surface area (Å²) in [6.07, 6.45) is 8.10. The molecule has 35 heavy (non-hydrogen) atoms. The molecule has 3 aromatic rings. The standard InChI is InChI=1S/C17H25F.C12H5F5/c1-2-3-14-4-8-16(9-5-14)17-10-6-15(7-11-17)12-13-18;13-7-4-10(16)12(11(17)5-7)6-1-2-8(14)9(15)3-6/h4-5,8-9,15,17H,2-3,6-7,10-13H2,1H3;1-5H. The third-order valence-corrected chi connectivity index (χ3v) is 6.57. The van der Waals surface area contributed by atoms with Gasteiger partial charge in [-0.15, -0.1) is 0 Å². The quantitative estimate of drug-likeness (QED) is 0.301. The summed E-state index contributed by atoms with van der Waals surface area (Å²) < 4.78 is 77.2. The predicted molar refractivity (Wildman–Crippen MR) is 127 cm³/mol. The molecule has 6 heteroatoms. The second-order valence-electron chi connectivity index (χ2n) is 9.06. The Morgan fingerprint density at radius 2 is 1.34 bits per heavy atom. The first-order chi connectivity index (χ1) is 16.8. The van der Waals surface area contributed by atoms with Crippen LogP contribution in [0.3, 0.4) is 0 Å². The summed E-state index contributed by atoms with van der Waals surface area (Å²) in [4.78, 5) is 0. The molecule has 0 bridgehead atoms. The summed E-state index contributed by atoms with van der Waals surface area (Å²) in [5.74, 6) is -4.42. The average molecular weight is 493 g/mol. The molecule has 0 saturated heterocycles. The zero-order valence-electron chi connectivity index (χ0n) is 19.8. The highest BCUT2D eigenvalue weighted by Crippen LogP contribution is 2.37. The van der Waals surface area contributed by atoms with E-state index in [4.69, 9.17) is 0 Å². The Hall–Kier alpha value is -2.76. The molecule has 0 aliphatic heterocycles. The van der Waals surface area contributed by atoms with Gasteiger partial charge in [-0.05, 0) is 79.2 Å². The molecule has 1 aliphatic carbocycles. The smallest absolute Gasteiger partial charge is 0.159 e. The largest absolute Gasteiger partial charge is 0.251 e. The molecule has 0 nitrogen and oxygen atoms in total. The van der Waals surface area contributed by atoms with E-state index in [1.54, 1.807) is 0 Å². The minimum Gasteiger partial charge on any atom is -0.251 e. The third-order valence-electron chi connectivity index (χ3n) is 6.57. The van der Waals surface area contributed by atoms with Gasteiger partial charge >= 0.3 is 0 Å². The zero-order chi connectivity index (χ0) is 25.4. The van der Waals surface area contributed by atoms with Crippen LogP contribution in [0.25, 0.3) is 11.1 Å². The third kappa shape index (κ3) is 7.36. The summed E-state index contributed by atoms with van der Waals surface area (Å²) in [7, 11) is 0. The van der Waals surface area contributed by atoms with Crippen molar-refractivity contribution >= 4 is 0 Å². The molecule has 0 heterocycles. The average Bonchev–Trinajstić information content (AvgIpc) is 2.83. The molecule has 0 N–H and O–H groups in total. The second-order valence-corrected chi connectivity index (χ2v) is 9.06. The van der Waals surface area contributed by atoms with Gasteiger partial charge in [0.15, 0.2) is 11.6 Å². The molecule has 0 atom stereocenters. The molecule has 3 aromatic carbocycles. The Kier molecular flexibility index (Phi) is 9.82. The molecule has 188 valence electrons. The normalized spacial score (nSPS) is 17.6. The maximum absolute atomic E-state index is 13.3. The van der Waals surface area contributed by atoms with Crippen molar-refractivity contribution in [3.05, 3.63) is 94.8 Å². The predicted octanol–water partition coefficient (Wildman–Crippen LogP) is 9.32. The van der Waals surface area contributed by atoms with Crippen molar-refractivity contribution in [2.75, 3.05) is 6.67 Å². The van der Waals surface area contributed by atoms with Crippen molar-refractivity contribution in [2.24, 2.45) is 5.92 Å². The Labute approximate surface area is 203 Å². The number of hydrogen-bond acceptors (Lipinski definition) is 0. The summed E-state index contributed by atoms with van der Waals surface area (Å²) in [5.41, 5.74) is 2.16. The van der Waals surface area contributed by atoms with Gasteiger partial charge in [0.1, 0.15) is 17.5 Å². The van der Waals surface area contributed by atoms with Gasteiger partial charge in [0.25, 0.3) is 0 Å². The van der Waals surface area contributed by atoms with Crippen LogP contribution < -0.4 is 0 Å². The van der Waals surface area contributed by atoms with Crippen LogP contribution >= 0.6 is 0 Å². The maximum Gasteiger partial charge on any atom is 0.159 e.